The Hall–Kier alpha value is -0.660. The molecular formula is C7H12N4O2S. The van der Waals surface area contributed by atoms with Crippen LogP contribution in [0.15, 0.2) is 5.16 Å². The van der Waals surface area contributed by atoms with Gasteiger partial charge in [-0.15, -0.1) is 5.10 Å². The minimum atomic E-state index is 0.0553. The summed E-state index contributed by atoms with van der Waals surface area (Å²) in [7, 11) is 0. The quantitative estimate of drug-likeness (QED) is 0.734. The van der Waals surface area contributed by atoms with Crippen molar-refractivity contribution >= 4 is 11.8 Å². The van der Waals surface area contributed by atoms with E-state index in [1.807, 2.05) is 0 Å². The van der Waals surface area contributed by atoms with Crippen LogP contribution in [0.4, 0.5) is 0 Å². The maximum Gasteiger partial charge on any atom is 0.209 e. The third kappa shape index (κ3) is 2.23. The van der Waals surface area contributed by atoms with Crippen LogP contribution in [-0.2, 0) is 11.3 Å². The number of hydrogen-bond acceptors (Lipinski definition) is 6. The molecule has 0 aliphatic carbocycles. The number of tetrazole rings is 1. The highest BCUT2D eigenvalue weighted by Crippen LogP contribution is 2.26. The molecule has 7 heteroatoms. The summed E-state index contributed by atoms with van der Waals surface area (Å²) in [4.78, 5) is 0. The number of aliphatic hydroxyl groups is 1. The third-order valence-electron chi connectivity index (χ3n) is 1.97. The van der Waals surface area contributed by atoms with Crippen LogP contribution in [0.1, 0.15) is 6.42 Å². The second-order valence-corrected chi connectivity index (χ2v) is 4.28. The van der Waals surface area contributed by atoms with Gasteiger partial charge in [0, 0.05) is 11.9 Å². The molecule has 0 saturated carbocycles. The molecule has 0 aromatic carbocycles. The zero-order chi connectivity index (χ0) is 9.80. The number of thioether (sulfide) groups is 1. The molecule has 78 valence electrons. The van der Waals surface area contributed by atoms with Gasteiger partial charge in [-0.2, -0.15) is 0 Å². The van der Waals surface area contributed by atoms with Crippen LogP contribution in [-0.4, -0.2) is 50.4 Å². The van der Waals surface area contributed by atoms with Crippen molar-refractivity contribution in [2.75, 3.05) is 19.8 Å². The SMILES string of the molecule is OCCn1nnnc1SC1CCOC1. The number of rotatable bonds is 4. The summed E-state index contributed by atoms with van der Waals surface area (Å²) in [5.74, 6) is 0. The lowest BCUT2D eigenvalue weighted by Gasteiger charge is -2.05. The van der Waals surface area contributed by atoms with Gasteiger partial charge in [-0.05, 0) is 16.8 Å². The minimum absolute atomic E-state index is 0.0553. The van der Waals surface area contributed by atoms with E-state index < -0.39 is 0 Å². The Labute approximate surface area is 85.6 Å². The average molecular weight is 216 g/mol. The standard InChI is InChI=1S/C7H12N4O2S/c12-3-2-11-7(8-9-10-11)14-6-1-4-13-5-6/h6,12H,1-5H2. The van der Waals surface area contributed by atoms with Crippen LogP contribution < -0.4 is 0 Å². The van der Waals surface area contributed by atoms with E-state index in [1.54, 1.807) is 16.4 Å². The summed E-state index contributed by atoms with van der Waals surface area (Å²) in [6.45, 7) is 2.08. The number of ether oxygens (including phenoxy) is 1. The van der Waals surface area contributed by atoms with Crippen LogP contribution in [0.3, 0.4) is 0 Å². The molecule has 1 atom stereocenters. The van der Waals surface area contributed by atoms with Crippen LogP contribution in [0.2, 0.25) is 0 Å². The van der Waals surface area contributed by atoms with Crippen molar-refractivity contribution in [2.24, 2.45) is 0 Å². The van der Waals surface area contributed by atoms with Gasteiger partial charge in [0.2, 0.25) is 5.16 Å². The van der Waals surface area contributed by atoms with E-state index in [2.05, 4.69) is 15.5 Å². The predicted molar refractivity (Wildman–Crippen MR) is 50.0 cm³/mol. The van der Waals surface area contributed by atoms with E-state index in [9.17, 15) is 0 Å². The molecule has 1 aliphatic heterocycles. The molecule has 1 aromatic rings. The van der Waals surface area contributed by atoms with Gasteiger partial charge in [0.05, 0.1) is 19.8 Å². The normalized spacial score (nSPS) is 21.6. The first-order valence-electron chi connectivity index (χ1n) is 4.51. The Morgan fingerprint density at radius 1 is 1.64 bits per heavy atom. The van der Waals surface area contributed by atoms with Crippen molar-refractivity contribution in [3.05, 3.63) is 0 Å². The monoisotopic (exact) mass is 216 g/mol. The topological polar surface area (TPSA) is 73.1 Å². The Balaban J connectivity index is 1.96. The van der Waals surface area contributed by atoms with E-state index >= 15 is 0 Å². The summed E-state index contributed by atoms with van der Waals surface area (Å²) in [6, 6.07) is 0. The molecule has 6 nitrogen and oxygen atoms in total. The zero-order valence-corrected chi connectivity index (χ0v) is 8.48. The third-order valence-corrected chi connectivity index (χ3v) is 3.18. The highest BCUT2D eigenvalue weighted by Gasteiger charge is 2.19. The van der Waals surface area contributed by atoms with Crippen molar-refractivity contribution in [1.82, 2.24) is 20.2 Å². The van der Waals surface area contributed by atoms with Crippen LogP contribution in [0.5, 0.6) is 0 Å². The second kappa shape index (κ2) is 4.72. The highest BCUT2D eigenvalue weighted by atomic mass is 32.2. The summed E-state index contributed by atoms with van der Waals surface area (Å²) >= 11 is 1.62. The molecule has 1 aliphatic rings. The smallest absolute Gasteiger partial charge is 0.209 e. The Kier molecular flexibility index (Phi) is 3.33. The van der Waals surface area contributed by atoms with E-state index in [0.717, 1.165) is 24.8 Å². The minimum Gasteiger partial charge on any atom is -0.394 e. The van der Waals surface area contributed by atoms with Crippen LogP contribution >= 0.6 is 11.8 Å². The molecule has 1 N–H and O–H groups in total. The molecular weight excluding hydrogens is 204 g/mol. The molecule has 1 aromatic heterocycles. The first-order valence-corrected chi connectivity index (χ1v) is 5.39. The number of aliphatic hydroxyl groups excluding tert-OH is 1. The van der Waals surface area contributed by atoms with E-state index in [1.165, 1.54) is 0 Å². The van der Waals surface area contributed by atoms with Gasteiger partial charge in [0.15, 0.2) is 0 Å². The molecule has 1 saturated heterocycles. The summed E-state index contributed by atoms with van der Waals surface area (Å²) in [5.41, 5.74) is 0. The van der Waals surface area contributed by atoms with Gasteiger partial charge in [0.1, 0.15) is 0 Å². The Morgan fingerprint density at radius 3 is 3.29 bits per heavy atom. The molecule has 0 spiro atoms. The molecule has 0 bridgehead atoms. The van der Waals surface area contributed by atoms with Gasteiger partial charge in [0.25, 0.3) is 0 Å². The van der Waals surface area contributed by atoms with Crippen molar-refractivity contribution in [3.63, 3.8) is 0 Å². The predicted octanol–water partition coefficient (Wildman–Crippen LogP) is -0.454. The van der Waals surface area contributed by atoms with Crippen molar-refractivity contribution in [1.29, 1.82) is 0 Å². The Morgan fingerprint density at radius 2 is 2.57 bits per heavy atom. The fourth-order valence-corrected chi connectivity index (χ4v) is 2.28. The zero-order valence-electron chi connectivity index (χ0n) is 7.67. The summed E-state index contributed by atoms with van der Waals surface area (Å²) in [6.07, 6.45) is 1.04. The molecule has 2 rings (SSSR count). The lowest BCUT2D eigenvalue weighted by atomic mass is 10.4. The average Bonchev–Trinajstić information content (AvgIpc) is 2.80. The Bertz CT molecular complexity index is 287. The van der Waals surface area contributed by atoms with Gasteiger partial charge in [-0.1, -0.05) is 11.8 Å². The molecule has 0 radical (unpaired) electrons. The summed E-state index contributed by atoms with van der Waals surface area (Å²) in [5, 5.41) is 21.2. The van der Waals surface area contributed by atoms with Gasteiger partial charge in [-0.25, -0.2) is 4.68 Å². The van der Waals surface area contributed by atoms with Crippen LogP contribution in [0.25, 0.3) is 0 Å². The van der Waals surface area contributed by atoms with E-state index in [0.29, 0.717) is 11.8 Å². The van der Waals surface area contributed by atoms with E-state index in [4.69, 9.17) is 9.84 Å². The molecule has 14 heavy (non-hydrogen) atoms. The molecule has 1 fully saturated rings. The van der Waals surface area contributed by atoms with Gasteiger partial charge >= 0.3 is 0 Å². The fourth-order valence-electron chi connectivity index (χ4n) is 1.27. The lowest BCUT2D eigenvalue weighted by molar-refractivity contribution is 0.199. The number of aromatic nitrogens is 4. The van der Waals surface area contributed by atoms with Crippen molar-refractivity contribution in [2.45, 2.75) is 23.4 Å². The van der Waals surface area contributed by atoms with Crippen LogP contribution in [0, 0.1) is 0 Å². The first-order chi connectivity index (χ1) is 6.90. The van der Waals surface area contributed by atoms with E-state index in [-0.39, 0.29) is 6.61 Å². The lowest BCUT2D eigenvalue weighted by Crippen LogP contribution is -2.08. The van der Waals surface area contributed by atoms with Gasteiger partial charge in [-0.3, -0.25) is 0 Å². The maximum absolute atomic E-state index is 8.77. The first kappa shape index (κ1) is 9.88. The van der Waals surface area contributed by atoms with Gasteiger partial charge < -0.3 is 9.84 Å². The number of nitrogens with zero attached hydrogens (tertiary/aromatic N) is 4. The largest absolute Gasteiger partial charge is 0.394 e. The fraction of sp³-hybridized carbons (Fsp3) is 0.857. The summed E-state index contributed by atoms with van der Waals surface area (Å²) < 4.78 is 6.87. The molecule has 2 heterocycles. The number of hydrogen-bond donors (Lipinski definition) is 1. The molecule has 1 unspecified atom stereocenters. The molecule has 0 amide bonds. The highest BCUT2D eigenvalue weighted by molar-refractivity contribution is 7.99. The second-order valence-electron chi connectivity index (χ2n) is 3.01. The van der Waals surface area contributed by atoms with Crippen molar-refractivity contribution in [3.8, 4) is 0 Å². The van der Waals surface area contributed by atoms with Crippen molar-refractivity contribution < 1.29 is 9.84 Å². The maximum atomic E-state index is 8.77.